The number of nitrogens with zero attached hydrogens (tertiary/aromatic N) is 2. The summed E-state index contributed by atoms with van der Waals surface area (Å²) in [5, 5.41) is 5.05. The Hall–Kier alpha value is -1.16. The van der Waals surface area contributed by atoms with Crippen LogP contribution in [-0.4, -0.2) is 10.1 Å². The number of aryl methyl sites for hydroxylation is 4. The summed E-state index contributed by atoms with van der Waals surface area (Å²) in [4.78, 5) is 6.12. The van der Waals surface area contributed by atoms with Gasteiger partial charge in [0, 0.05) is 4.88 Å². The molecule has 78 valence electrons. The molecule has 1 aliphatic rings. The van der Waals surface area contributed by atoms with E-state index in [0.717, 1.165) is 28.4 Å². The van der Waals surface area contributed by atoms with Crippen LogP contribution in [0.3, 0.4) is 0 Å². The maximum atomic E-state index is 5.17. The molecule has 0 unspecified atom stereocenters. The van der Waals surface area contributed by atoms with Gasteiger partial charge in [0.05, 0.1) is 17.0 Å². The highest BCUT2D eigenvalue weighted by Crippen LogP contribution is 2.35. The van der Waals surface area contributed by atoms with E-state index >= 15 is 0 Å². The van der Waals surface area contributed by atoms with Crippen LogP contribution in [0.25, 0.3) is 10.6 Å². The SMILES string of the molecule is Cc1noc(C)c1-c1nc2c(s1)CCC2. The molecule has 3 nitrogen and oxygen atoms in total. The Bertz CT molecular complexity index is 472. The molecule has 0 atom stereocenters. The third-order valence-electron chi connectivity index (χ3n) is 2.84. The van der Waals surface area contributed by atoms with Gasteiger partial charge in [0.25, 0.3) is 0 Å². The monoisotopic (exact) mass is 220 g/mol. The highest BCUT2D eigenvalue weighted by molar-refractivity contribution is 7.15. The lowest BCUT2D eigenvalue weighted by Gasteiger charge is -1.93. The second-order valence-corrected chi connectivity index (χ2v) is 5.03. The Morgan fingerprint density at radius 3 is 2.80 bits per heavy atom. The smallest absolute Gasteiger partial charge is 0.144 e. The number of fused-ring (bicyclic) bond motifs is 1. The van der Waals surface area contributed by atoms with E-state index in [1.807, 2.05) is 13.8 Å². The molecule has 0 aromatic carbocycles. The minimum atomic E-state index is 0.875. The van der Waals surface area contributed by atoms with E-state index in [4.69, 9.17) is 4.52 Å². The Balaban J connectivity index is 2.13. The lowest BCUT2D eigenvalue weighted by Crippen LogP contribution is -1.83. The Labute approximate surface area is 92.1 Å². The second-order valence-electron chi connectivity index (χ2n) is 3.94. The molecule has 0 radical (unpaired) electrons. The maximum Gasteiger partial charge on any atom is 0.144 e. The topological polar surface area (TPSA) is 38.9 Å². The van der Waals surface area contributed by atoms with Crippen molar-refractivity contribution in [3.05, 3.63) is 22.0 Å². The summed E-state index contributed by atoms with van der Waals surface area (Å²) in [6.45, 7) is 3.92. The van der Waals surface area contributed by atoms with Crippen LogP contribution < -0.4 is 0 Å². The second kappa shape index (κ2) is 3.17. The van der Waals surface area contributed by atoms with Crippen molar-refractivity contribution in [3.8, 4) is 10.6 Å². The molecule has 0 amide bonds. The Morgan fingerprint density at radius 2 is 2.13 bits per heavy atom. The predicted octanol–water partition coefficient (Wildman–Crippen LogP) is 2.90. The molecule has 2 aromatic heterocycles. The van der Waals surface area contributed by atoms with E-state index in [1.165, 1.54) is 23.4 Å². The molecular formula is C11H12N2OS. The van der Waals surface area contributed by atoms with Gasteiger partial charge in [0.2, 0.25) is 0 Å². The van der Waals surface area contributed by atoms with Gasteiger partial charge in [0.15, 0.2) is 0 Å². The zero-order chi connectivity index (χ0) is 10.4. The van der Waals surface area contributed by atoms with Crippen LogP contribution in [-0.2, 0) is 12.8 Å². The third kappa shape index (κ3) is 1.32. The molecule has 0 aliphatic heterocycles. The molecular weight excluding hydrogens is 208 g/mol. The highest BCUT2D eigenvalue weighted by atomic mass is 32.1. The van der Waals surface area contributed by atoms with E-state index in [2.05, 4.69) is 10.1 Å². The fourth-order valence-electron chi connectivity index (χ4n) is 2.09. The largest absolute Gasteiger partial charge is 0.361 e. The molecule has 1 aliphatic carbocycles. The molecule has 2 heterocycles. The van der Waals surface area contributed by atoms with E-state index in [0.29, 0.717) is 0 Å². The first-order valence-electron chi connectivity index (χ1n) is 5.17. The zero-order valence-electron chi connectivity index (χ0n) is 8.83. The number of thiazole rings is 1. The summed E-state index contributed by atoms with van der Waals surface area (Å²) < 4.78 is 5.17. The summed E-state index contributed by atoms with van der Waals surface area (Å²) in [5.41, 5.74) is 3.32. The van der Waals surface area contributed by atoms with Crippen molar-refractivity contribution < 1.29 is 4.52 Å². The zero-order valence-corrected chi connectivity index (χ0v) is 9.65. The fourth-order valence-corrected chi connectivity index (χ4v) is 3.38. The first-order chi connectivity index (χ1) is 7.25. The predicted molar refractivity (Wildman–Crippen MR) is 59.1 cm³/mol. The van der Waals surface area contributed by atoms with Crippen LogP contribution >= 0.6 is 11.3 Å². The van der Waals surface area contributed by atoms with Crippen LogP contribution in [0.1, 0.15) is 28.4 Å². The van der Waals surface area contributed by atoms with Crippen molar-refractivity contribution in [2.45, 2.75) is 33.1 Å². The van der Waals surface area contributed by atoms with Gasteiger partial charge in [-0.3, -0.25) is 0 Å². The van der Waals surface area contributed by atoms with Gasteiger partial charge in [-0.25, -0.2) is 4.98 Å². The molecule has 0 spiro atoms. The van der Waals surface area contributed by atoms with Crippen LogP contribution in [0, 0.1) is 13.8 Å². The molecule has 0 fully saturated rings. The van der Waals surface area contributed by atoms with Crippen molar-refractivity contribution in [2.24, 2.45) is 0 Å². The first kappa shape index (κ1) is 9.09. The van der Waals surface area contributed by atoms with Crippen molar-refractivity contribution in [2.75, 3.05) is 0 Å². The van der Waals surface area contributed by atoms with E-state index in [-0.39, 0.29) is 0 Å². The van der Waals surface area contributed by atoms with Crippen LogP contribution in [0.15, 0.2) is 4.52 Å². The van der Waals surface area contributed by atoms with E-state index in [1.54, 1.807) is 11.3 Å². The van der Waals surface area contributed by atoms with Gasteiger partial charge >= 0.3 is 0 Å². The maximum absolute atomic E-state index is 5.17. The van der Waals surface area contributed by atoms with Gasteiger partial charge in [-0.1, -0.05) is 5.16 Å². The van der Waals surface area contributed by atoms with Crippen molar-refractivity contribution in [1.29, 1.82) is 0 Å². The number of hydrogen-bond acceptors (Lipinski definition) is 4. The van der Waals surface area contributed by atoms with Gasteiger partial charge in [-0.15, -0.1) is 11.3 Å². The Kier molecular flexibility index (Phi) is 1.92. The van der Waals surface area contributed by atoms with Gasteiger partial charge in [0.1, 0.15) is 10.8 Å². The Morgan fingerprint density at radius 1 is 1.27 bits per heavy atom. The lowest BCUT2D eigenvalue weighted by atomic mass is 10.2. The molecule has 0 saturated heterocycles. The molecule has 0 N–H and O–H groups in total. The fraction of sp³-hybridized carbons (Fsp3) is 0.455. The van der Waals surface area contributed by atoms with Gasteiger partial charge in [-0.05, 0) is 33.1 Å². The highest BCUT2D eigenvalue weighted by Gasteiger charge is 2.21. The molecule has 2 aromatic rings. The first-order valence-corrected chi connectivity index (χ1v) is 5.99. The summed E-state index contributed by atoms with van der Waals surface area (Å²) in [5.74, 6) is 0.875. The van der Waals surface area contributed by atoms with Crippen molar-refractivity contribution in [3.63, 3.8) is 0 Å². The normalized spacial score (nSPS) is 14.5. The van der Waals surface area contributed by atoms with Crippen LogP contribution in [0.4, 0.5) is 0 Å². The van der Waals surface area contributed by atoms with Crippen LogP contribution in [0.5, 0.6) is 0 Å². The third-order valence-corrected chi connectivity index (χ3v) is 4.02. The molecule has 4 heteroatoms. The number of aromatic nitrogens is 2. The minimum absolute atomic E-state index is 0.875. The number of hydrogen-bond donors (Lipinski definition) is 0. The van der Waals surface area contributed by atoms with Gasteiger partial charge in [-0.2, -0.15) is 0 Å². The van der Waals surface area contributed by atoms with Crippen molar-refractivity contribution >= 4 is 11.3 Å². The lowest BCUT2D eigenvalue weighted by molar-refractivity contribution is 0.393. The molecule has 0 bridgehead atoms. The quantitative estimate of drug-likeness (QED) is 0.741. The average Bonchev–Trinajstić information content (AvgIpc) is 2.80. The molecule has 0 saturated carbocycles. The summed E-state index contributed by atoms with van der Waals surface area (Å²) in [7, 11) is 0. The van der Waals surface area contributed by atoms with Crippen LogP contribution in [0.2, 0.25) is 0 Å². The average molecular weight is 220 g/mol. The van der Waals surface area contributed by atoms with Gasteiger partial charge < -0.3 is 4.52 Å². The van der Waals surface area contributed by atoms with E-state index in [9.17, 15) is 0 Å². The summed E-state index contributed by atoms with van der Waals surface area (Å²) >= 11 is 1.80. The summed E-state index contributed by atoms with van der Waals surface area (Å²) in [6.07, 6.45) is 3.58. The van der Waals surface area contributed by atoms with Crippen molar-refractivity contribution in [1.82, 2.24) is 10.1 Å². The summed E-state index contributed by atoms with van der Waals surface area (Å²) in [6, 6.07) is 0. The number of rotatable bonds is 1. The minimum Gasteiger partial charge on any atom is -0.361 e. The molecule has 15 heavy (non-hydrogen) atoms. The van der Waals surface area contributed by atoms with E-state index < -0.39 is 0 Å². The molecule has 3 rings (SSSR count). The standard InChI is InChI=1S/C11H12N2OS/c1-6-10(7(2)14-13-6)11-12-8-4-3-5-9(8)15-11/h3-5H2,1-2H3.